The summed E-state index contributed by atoms with van der Waals surface area (Å²) in [5.74, 6) is -0.529. The third-order valence-corrected chi connectivity index (χ3v) is 7.48. The summed E-state index contributed by atoms with van der Waals surface area (Å²) in [4.78, 5) is 43.3. The number of unbranched alkanes of at least 4 members (excludes halogenated alkanes) is 3. The first-order valence-corrected chi connectivity index (χ1v) is 12.7. The molecule has 3 aliphatic rings. The number of carbonyl (C=O) groups is 3. The highest BCUT2D eigenvalue weighted by molar-refractivity contribution is 5.99. The van der Waals surface area contributed by atoms with Crippen LogP contribution in [0.25, 0.3) is 0 Å². The highest BCUT2D eigenvalue weighted by Crippen LogP contribution is 2.46. The number of rotatable bonds is 9. The van der Waals surface area contributed by atoms with E-state index >= 15 is 0 Å². The second kappa shape index (κ2) is 9.94. The maximum absolute atomic E-state index is 13.4. The molecule has 3 aliphatic heterocycles. The Bertz CT molecular complexity index is 910. The number of phenols is 1. The highest BCUT2D eigenvalue weighted by Gasteiger charge is 2.57. The van der Waals surface area contributed by atoms with Gasteiger partial charge in [0.05, 0.1) is 39.6 Å². The van der Waals surface area contributed by atoms with E-state index in [-0.39, 0.29) is 23.5 Å². The van der Waals surface area contributed by atoms with Crippen LogP contribution in [0, 0.1) is 5.92 Å². The Morgan fingerprint density at radius 1 is 1.03 bits per heavy atom. The first-order valence-electron chi connectivity index (χ1n) is 12.7. The van der Waals surface area contributed by atoms with Gasteiger partial charge in [0.15, 0.2) is 0 Å². The van der Waals surface area contributed by atoms with E-state index in [9.17, 15) is 19.5 Å². The molecule has 4 atom stereocenters. The minimum Gasteiger partial charge on any atom is -0.508 e. The summed E-state index contributed by atoms with van der Waals surface area (Å²) in [6.07, 6.45) is 6.15. The minimum atomic E-state index is -0.591. The number of nitrogens with one attached hydrogen (secondary N) is 1. The molecule has 0 unspecified atom stereocenters. The molecule has 3 saturated heterocycles. The second-order valence-electron chi connectivity index (χ2n) is 11.0. The lowest BCUT2D eigenvalue weighted by atomic mass is 9.92. The third kappa shape index (κ3) is 5.06. The summed E-state index contributed by atoms with van der Waals surface area (Å²) in [5.41, 5.74) is 0.786. The van der Waals surface area contributed by atoms with Gasteiger partial charge < -0.3 is 24.7 Å². The second-order valence-corrected chi connectivity index (χ2v) is 11.0. The Kier molecular flexibility index (Phi) is 7.17. The molecule has 0 aliphatic carbocycles. The van der Waals surface area contributed by atoms with Gasteiger partial charge in [0.25, 0.3) is 0 Å². The van der Waals surface area contributed by atoms with Crippen molar-refractivity contribution < 1.29 is 24.0 Å². The quantitative estimate of drug-likeness (QED) is 0.426. The Labute approximate surface area is 202 Å². The summed E-state index contributed by atoms with van der Waals surface area (Å²) < 4.78 is 0.963. The van der Waals surface area contributed by atoms with Crippen LogP contribution in [0.5, 0.6) is 5.75 Å². The maximum atomic E-state index is 13.4. The maximum Gasteiger partial charge on any atom is 0.246 e. The number of phenolic OH excluding ortho intramolecular Hbond substituents is 1. The van der Waals surface area contributed by atoms with Crippen molar-refractivity contribution >= 4 is 17.7 Å². The summed E-state index contributed by atoms with van der Waals surface area (Å²) >= 11 is 0. The molecular weight excluding hydrogens is 432 g/mol. The van der Waals surface area contributed by atoms with Crippen molar-refractivity contribution in [2.75, 3.05) is 40.8 Å². The lowest BCUT2D eigenvalue weighted by molar-refractivity contribution is -0.870. The van der Waals surface area contributed by atoms with E-state index < -0.39 is 24.0 Å². The molecule has 186 valence electrons. The lowest BCUT2D eigenvalue weighted by Gasteiger charge is -2.41. The number of carbonyl (C=O) groups excluding carboxylic acids is 3. The van der Waals surface area contributed by atoms with E-state index in [0.717, 1.165) is 42.3 Å². The van der Waals surface area contributed by atoms with Gasteiger partial charge in [-0.05, 0) is 56.2 Å². The molecule has 34 heavy (non-hydrogen) atoms. The molecule has 0 spiro atoms. The monoisotopic (exact) mass is 471 g/mol. The molecular formula is C26H39N4O4+. The van der Waals surface area contributed by atoms with Gasteiger partial charge in [-0.3, -0.25) is 14.4 Å². The Hall–Kier alpha value is -2.61. The van der Waals surface area contributed by atoms with Gasteiger partial charge in [0.2, 0.25) is 17.7 Å². The third-order valence-electron chi connectivity index (χ3n) is 7.48. The Morgan fingerprint density at radius 3 is 2.44 bits per heavy atom. The Morgan fingerprint density at radius 2 is 1.74 bits per heavy atom. The van der Waals surface area contributed by atoms with Crippen LogP contribution in [0.2, 0.25) is 0 Å². The van der Waals surface area contributed by atoms with Crippen LogP contribution in [-0.2, 0) is 14.4 Å². The standard InChI is InChI=1S/C26H38N4O4/c1-30(2,3)16-7-5-4-6-14-27-24(32)20-17-22-25(33)28-15-8-9-21(28)26(34)29(22)23(20)18-10-12-19(31)13-11-18/h10-13,20-23H,4-9,14-17H2,1-3H3,(H-,27,31,32)/p+1/t20-,21+,22-,23-/m1/s1. The molecule has 3 amide bonds. The first-order chi connectivity index (χ1) is 16.2. The topological polar surface area (TPSA) is 90.0 Å². The number of aromatic hydroxyl groups is 1. The average Bonchev–Trinajstić information content (AvgIpc) is 3.43. The van der Waals surface area contributed by atoms with Crippen molar-refractivity contribution in [3.8, 4) is 5.75 Å². The van der Waals surface area contributed by atoms with Gasteiger partial charge in [-0.2, -0.15) is 0 Å². The van der Waals surface area contributed by atoms with E-state index in [0.29, 0.717) is 25.9 Å². The van der Waals surface area contributed by atoms with Crippen LogP contribution in [0.15, 0.2) is 24.3 Å². The molecule has 0 radical (unpaired) electrons. The molecule has 3 heterocycles. The molecule has 2 N–H and O–H groups in total. The van der Waals surface area contributed by atoms with Crippen molar-refractivity contribution in [2.24, 2.45) is 5.92 Å². The van der Waals surface area contributed by atoms with Crippen LogP contribution in [-0.4, -0.2) is 90.0 Å². The fraction of sp³-hybridized carbons (Fsp3) is 0.654. The SMILES string of the molecule is C[N+](C)(C)CCCCCCNC(=O)[C@@H]1C[C@@H]2C(=O)N3CCC[C@H]3C(=O)N2[C@@H]1c1ccc(O)cc1. The van der Waals surface area contributed by atoms with E-state index in [1.165, 1.54) is 6.42 Å². The summed E-state index contributed by atoms with van der Waals surface area (Å²) in [5, 5.41) is 12.8. The molecule has 1 aromatic rings. The van der Waals surface area contributed by atoms with Crippen LogP contribution >= 0.6 is 0 Å². The molecule has 0 bridgehead atoms. The average molecular weight is 472 g/mol. The van der Waals surface area contributed by atoms with Crippen molar-refractivity contribution in [1.82, 2.24) is 15.1 Å². The summed E-state index contributed by atoms with van der Waals surface area (Å²) in [6, 6.07) is 5.18. The largest absolute Gasteiger partial charge is 0.508 e. The number of nitrogens with zero attached hydrogens (tertiary/aromatic N) is 3. The molecule has 1 aromatic carbocycles. The molecule has 3 fully saturated rings. The molecule has 4 rings (SSSR count). The van der Waals surface area contributed by atoms with Gasteiger partial charge in [-0.25, -0.2) is 0 Å². The van der Waals surface area contributed by atoms with Crippen LogP contribution in [0.3, 0.4) is 0 Å². The molecule has 8 heteroatoms. The number of fused-ring (bicyclic) bond motifs is 2. The smallest absolute Gasteiger partial charge is 0.246 e. The fourth-order valence-electron chi connectivity index (χ4n) is 5.75. The molecule has 0 aromatic heterocycles. The van der Waals surface area contributed by atoms with Crippen LogP contribution in [0.1, 0.15) is 56.6 Å². The summed E-state index contributed by atoms with van der Waals surface area (Å²) in [7, 11) is 6.58. The van der Waals surface area contributed by atoms with Crippen molar-refractivity contribution in [3.63, 3.8) is 0 Å². The van der Waals surface area contributed by atoms with E-state index in [4.69, 9.17) is 0 Å². The lowest BCUT2D eigenvalue weighted by Crippen LogP contribution is -2.60. The first kappa shape index (κ1) is 24.5. The minimum absolute atomic E-state index is 0.0292. The normalized spacial score (nSPS) is 26.6. The van der Waals surface area contributed by atoms with Crippen molar-refractivity contribution in [3.05, 3.63) is 29.8 Å². The zero-order valence-corrected chi connectivity index (χ0v) is 20.7. The van der Waals surface area contributed by atoms with E-state index in [1.807, 2.05) is 0 Å². The van der Waals surface area contributed by atoms with E-state index in [2.05, 4.69) is 26.5 Å². The Balaban J connectivity index is 1.43. The van der Waals surface area contributed by atoms with Gasteiger partial charge in [-0.1, -0.05) is 18.6 Å². The molecule has 0 saturated carbocycles. The number of amides is 3. The number of hydrogen-bond donors (Lipinski definition) is 2. The number of quaternary nitrogens is 1. The predicted molar refractivity (Wildman–Crippen MR) is 129 cm³/mol. The zero-order chi connectivity index (χ0) is 24.5. The van der Waals surface area contributed by atoms with Crippen molar-refractivity contribution in [2.45, 2.75) is 63.1 Å². The fourth-order valence-corrected chi connectivity index (χ4v) is 5.75. The van der Waals surface area contributed by atoms with Crippen LogP contribution < -0.4 is 5.32 Å². The van der Waals surface area contributed by atoms with Gasteiger partial charge in [0.1, 0.15) is 17.8 Å². The number of benzene rings is 1. The van der Waals surface area contributed by atoms with Gasteiger partial charge >= 0.3 is 0 Å². The van der Waals surface area contributed by atoms with Crippen LogP contribution in [0.4, 0.5) is 0 Å². The van der Waals surface area contributed by atoms with Crippen molar-refractivity contribution in [1.29, 1.82) is 0 Å². The predicted octanol–water partition coefficient (Wildman–Crippen LogP) is 2.04. The van der Waals surface area contributed by atoms with Gasteiger partial charge in [-0.15, -0.1) is 0 Å². The molecule has 8 nitrogen and oxygen atoms in total. The van der Waals surface area contributed by atoms with Gasteiger partial charge in [0, 0.05) is 13.1 Å². The van der Waals surface area contributed by atoms with E-state index in [1.54, 1.807) is 34.1 Å². The highest BCUT2D eigenvalue weighted by atomic mass is 16.3. The zero-order valence-electron chi connectivity index (χ0n) is 20.7. The summed E-state index contributed by atoms with van der Waals surface area (Å²) in [6.45, 7) is 2.36. The number of piperazine rings is 1. The number of hydrogen-bond acceptors (Lipinski definition) is 4.